The molecule has 0 aliphatic heterocycles. The monoisotopic (exact) mass is 225 g/mol. The third-order valence-corrected chi connectivity index (χ3v) is 4.47. The van der Waals surface area contributed by atoms with E-state index in [9.17, 15) is 0 Å². The Bertz CT molecular complexity index is 323. The molecule has 2 heteroatoms. The lowest BCUT2D eigenvalue weighted by Gasteiger charge is -2.21. The molecule has 0 saturated carbocycles. The van der Waals surface area contributed by atoms with Gasteiger partial charge >= 0.3 is 0 Å². The first-order valence-corrected chi connectivity index (χ1v) is 6.65. The minimum atomic E-state index is 0.289. The summed E-state index contributed by atoms with van der Waals surface area (Å²) >= 11 is 1.91. The first kappa shape index (κ1) is 12.7. The molecule has 1 aromatic rings. The second kappa shape index (κ2) is 4.65. The third-order valence-electron chi connectivity index (χ3n) is 2.92. The van der Waals surface area contributed by atoms with Crippen molar-refractivity contribution in [3.05, 3.63) is 15.6 Å². The summed E-state index contributed by atoms with van der Waals surface area (Å²) in [6.07, 6.45) is 2.29. The topological polar surface area (TPSA) is 12.9 Å². The Balaban J connectivity index is 2.96. The number of nitrogens with zero attached hydrogens (tertiary/aromatic N) is 1. The van der Waals surface area contributed by atoms with Crippen molar-refractivity contribution in [1.29, 1.82) is 0 Å². The molecule has 1 nitrogen and oxygen atoms in total. The van der Waals surface area contributed by atoms with Gasteiger partial charge in [-0.2, -0.15) is 0 Å². The van der Waals surface area contributed by atoms with Crippen molar-refractivity contribution in [3.63, 3.8) is 0 Å². The van der Waals surface area contributed by atoms with Crippen molar-refractivity contribution < 1.29 is 0 Å². The summed E-state index contributed by atoms with van der Waals surface area (Å²) in [5, 5.41) is 1.30. The zero-order valence-corrected chi connectivity index (χ0v) is 11.7. The Kier molecular flexibility index (Phi) is 3.93. The van der Waals surface area contributed by atoms with Gasteiger partial charge in [0.05, 0.1) is 10.7 Å². The molecule has 0 aliphatic rings. The molecular weight excluding hydrogens is 202 g/mol. The predicted octanol–water partition coefficient (Wildman–Crippen LogP) is 4.34. The number of aryl methyl sites for hydroxylation is 1. The van der Waals surface area contributed by atoms with Gasteiger partial charge in [-0.05, 0) is 19.3 Å². The van der Waals surface area contributed by atoms with E-state index in [1.54, 1.807) is 0 Å². The van der Waals surface area contributed by atoms with Crippen LogP contribution in [0.1, 0.15) is 56.6 Å². The number of thiazole rings is 1. The summed E-state index contributed by atoms with van der Waals surface area (Å²) in [6.45, 7) is 13.5. The number of hydrogen-bond acceptors (Lipinski definition) is 2. The summed E-state index contributed by atoms with van der Waals surface area (Å²) in [5.74, 6) is 0.702. The summed E-state index contributed by atoms with van der Waals surface area (Å²) < 4.78 is 0. The normalized spacial score (nSPS) is 12.5. The molecule has 1 rings (SSSR count). The Labute approximate surface area is 97.9 Å². The molecule has 15 heavy (non-hydrogen) atoms. The van der Waals surface area contributed by atoms with Crippen molar-refractivity contribution in [3.8, 4) is 0 Å². The summed E-state index contributed by atoms with van der Waals surface area (Å²) in [4.78, 5) is 6.16. The van der Waals surface area contributed by atoms with E-state index >= 15 is 0 Å². The highest BCUT2D eigenvalue weighted by atomic mass is 32.1. The minimum absolute atomic E-state index is 0.289. The second-order valence-corrected chi connectivity index (χ2v) is 6.44. The maximum Gasteiger partial charge on any atom is 0.0933 e. The molecule has 1 heterocycles. The maximum atomic E-state index is 4.68. The number of aromatic nitrogens is 1. The molecule has 0 fully saturated rings. The molecule has 0 saturated heterocycles. The van der Waals surface area contributed by atoms with Crippen LogP contribution in [-0.2, 0) is 11.8 Å². The van der Waals surface area contributed by atoms with Crippen LogP contribution in [0.25, 0.3) is 0 Å². The van der Waals surface area contributed by atoms with E-state index < -0.39 is 0 Å². The molecule has 0 bridgehead atoms. The summed E-state index contributed by atoms with van der Waals surface area (Å²) in [5.41, 5.74) is 1.53. The summed E-state index contributed by atoms with van der Waals surface area (Å²) in [7, 11) is 0. The lowest BCUT2D eigenvalue weighted by molar-refractivity contribution is 0.513. The molecule has 0 N–H and O–H groups in total. The second-order valence-electron chi connectivity index (χ2n) is 5.36. The van der Waals surface area contributed by atoms with Crippen molar-refractivity contribution in [2.24, 2.45) is 5.92 Å². The van der Waals surface area contributed by atoms with Crippen LogP contribution < -0.4 is 0 Å². The quantitative estimate of drug-likeness (QED) is 0.743. The Morgan fingerprint density at radius 2 is 1.93 bits per heavy atom. The molecule has 0 radical (unpaired) electrons. The van der Waals surface area contributed by atoms with Crippen LogP contribution in [0, 0.1) is 12.8 Å². The van der Waals surface area contributed by atoms with Gasteiger partial charge in [0.2, 0.25) is 0 Å². The van der Waals surface area contributed by atoms with E-state index in [0.29, 0.717) is 5.92 Å². The molecule has 86 valence electrons. The van der Waals surface area contributed by atoms with Crippen LogP contribution >= 0.6 is 11.3 Å². The van der Waals surface area contributed by atoms with E-state index in [1.165, 1.54) is 22.0 Å². The van der Waals surface area contributed by atoms with Gasteiger partial charge < -0.3 is 0 Å². The van der Waals surface area contributed by atoms with Crippen LogP contribution in [0.5, 0.6) is 0 Å². The lowest BCUT2D eigenvalue weighted by atomic mass is 9.88. The molecule has 0 atom stereocenters. The van der Waals surface area contributed by atoms with Gasteiger partial charge in [-0.1, -0.05) is 34.6 Å². The number of hydrogen-bond donors (Lipinski definition) is 0. The Hall–Kier alpha value is -0.370. The molecule has 0 aromatic carbocycles. The first-order valence-electron chi connectivity index (χ1n) is 5.83. The fourth-order valence-electron chi connectivity index (χ4n) is 1.68. The van der Waals surface area contributed by atoms with Gasteiger partial charge in [-0.15, -0.1) is 11.3 Å². The molecule has 1 aromatic heterocycles. The van der Waals surface area contributed by atoms with E-state index in [4.69, 9.17) is 0 Å². The standard InChI is InChI=1S/C13H23NS/c1-7-13(5,6)12-10(4)14-11(15-12)8-9(2)3/h9H,7-8H2,1-6H3. The SMILES string of the molecule is CCC(C)(C)c1sc(CC(C)C)nc1C. The lowest BCUT2D eigenvalue weighted by Crippen LogP contribution is -2.14. The zero-order valence-electron chi connectivity index (χ0n) is 10.8. The van der Waals surface area contributed by atoms with E-state index in [0.717, 1.165) is 6.42 Å². The van der Waals surface area contributed by atoms with Crippen molar-refractivity contribution in [2.45, 2.75) is 59.8 Å². The highest BCUT2D eigenvalue weighted by molar-refractivity contribution is 7.11. The third kappa shape index (κ3) is 3.04. The molecular formula is C13H23NS. The Morgan fingerprint density at radius 3 is 2.40 bits per heavy atom. The van der Waals surface area contributed by atoms with Crippen LogP contribution in [0.4, 0.5) is 0 Å². The van der Waals surface area contributed by atoms with Crippen molar-refractivity contribution >= 4 is 11.3 Å². The van der Waals surface area contributed by atoms with Gasteiger partial charge in [0, 0.05) is 16.7 Å². The van der Waals surface area contributed by atoms with Crippen molar-refractivity contribution in [1.82, 2.24) is 4.98 Å². The smallest absolute Gasteiger partial charge is 0.0933 e. The fourth-order valence-corrected chi connectivity index (χ4v) is 3.13. The highest BCUT2D eigenvalue weighted by Gasteiger charge is 2.24. The van der Waals surface area contributed by atoms with Crippen LogP contribution in [0.3, 0.4) is 0 Å². The largest absolute Gasteiger partial charge is 0.246 e. The van der Waals surface area contributed by atoms with Crippen molar-refractivity contribution in [2.75, 3.05) is 0 Å². The predicted molar refractivity (Wildman–Crippen MR) is 68.7 cm³/mol. The molecule has 0 amide bonds. The van der Waals surface area contributed by atoms with Gasteiger partial charge in [-0.3, -0.25) is 0 Å². The van der Waals surface area contributed by atoms with Gasteiger partial charge in [0.1, 0.15) is 0 Å². The minimum Gasteiger partial charge on any atom is -0.246 e. The molecule has 0 unspecified atom stereocenters. The zero-order chi connectivity index (χ0) is 11.6. The van der Waals surface area contributed by atoms with E-state index in [-0.39, 0.29) is 5.41 Å². The fraction of sp³-hybridized carbons (Fsp3) is 0.769. The molecule has 0 spiro atoms. The molecule has 0 aliphatic carbocycles. The average molecular weight is 225 g/mol. The maximum absolute atomic E-state index is 4.68. The van der Waals surface area contributed by atoms with Gasteiger partial charge in [0.25, 0.3) is 0 Å². The van der Waals surface area contributed by atoms with Crippen LogP contribution in [0.15, 0.2) is 0 Å². The van der Waals surface area contributed by atoms with E-state index in [2.05, 4.69) is 46.5 Å². The first-order chi connectivity index (χ1) is 6.86. The van der Waals surface area contributed by atoms with Gasteiger partial charge in [-0.25, -0.2) is 4.98 Å². The number of rotatable bonds is 4. The van der Waals surface area contributed by atoms with E-state index in [1.807, 2.05) is 11.3 Å². The van der Waals surface area contributed by atoms with Gasteiger partial charge in [0.15, 0.2) is 0 Å². The van der Waals surface area contributed by atoms with Crippen LogP contribution in [-0.4, -0.2) is 4.98 Å². The highest BCUT2D eigenvalue weighted by Crippen LogP contribution is 2.34. The van der Waals surface area contributed by atoms with Crippen LogP contribution in [0.2, 0.25) is 0 Å². The summed E-state index contributed by atoms with van der Waals surface area (Å²) in [6, 6.07) is 0. The Morgan fingerprint density at radius 1 is 1.33 bits per heavy atom. The average Bonchev–Trinajstić information content (AvgIpc) is 2.46.